The van der Waals surface area contributed by atoms with E-state index in [2.05, 4.69) is 0 Å². The summed E-state index contributed by atoms with van der Waals surface area (Å²) in [7, 11) is 0. The molecule has 1 atom stereocenters. The van der Waals surface area contributed by atoms with Crippen molar-refractivity contribution in [3.8, 4) is 0 Å². The van der Waals surface area contributed by atoms with Gasteiger partial charge in [-0.15, -0.1) is 0 Å². The second-order valence-corrected chi connectivity index (χ2v) is 10.4. The minimum atomic E-state index is -5.07. The smallest absolute Gasteiger partial charge is 0.339 e. The highest BCUT2D eigenvalue weighted by atomic mass is 19.4. The molecule has 0 bridgehead atoms. The van der Waals surface area contributed by atoms with Crippen LogP contribution in [0.3, 0.4) is 0 Å². The maximum absolute atomic E-state index is 13.6. The van der Waals surface area contributed by atoms with E-state index in [1.54, 1.807) is 4.90 Å². The fraction of sp³-hybridized carbons (Fsp3) is 0.355. The number of amides is 2. The van der Waals surface area contributed by atoms with Crippen LogP contribution in [0.4, 0.5) is 26.3 Å². The van der Waals surface area contributed by atoms with Crippen LogP contribution in [0.25, 0.3) is 0 Å². The summed E-state index contributed by atoms with van der Waals surface area (Å²) in [5, 5.41) is 0. The summed E-state index contributed by atoms with van der Waals surface area (Å²) in [6.07, 6.45) is -9.11. The molecular formula is C31H30F6N2O2. The number of carbonyl (C=O) groups is 2. The second kappa shape index (κ2) is 12.0. The van der Waals surface area contributed by atoms with Crippen molar-refractivity contribution in [1.29, 1.82) is 0 Å². The highest BCUT2D eigenvalue weighted by Crippen LogP contribution is 2.37. The van der Waals surface area contributed by atoms with E-state index in [1.807, 2.05) is 62.4 Å². The number of carbonyl (C=O) groups excluding carboxylic acids is 2. The number of benzene rings is 3. The number of hydrogen-bond acceptors (Lipinski definition) is 2. The summed E-state index contributed by atoms with van der Waals surface area (Å²) in [5.41, 5.74) is 0.0977. The third kappa shape index (κ3) is 7.48. The van der Waals surface area contributed by atoms with E-state index in [1.165, 1.54) is 4.90 Å². The molecule has 41 heavy (non-hydrogen) atoms. The van der Waals surface area contributed by atoms with E-state index in [0.29, 0.717) is 18.6 Å². The molecule has 0 aliphatic carbocycles. The van der Waals surface area contributed by atoms with Crippen LogP contribution in [0.5, 0.6) is 0 Å². The molecule has 3 aromatic carbocycles. The lowest BCUT2D eigenvalue weighted by atomic mass is 9.97. The van der Waals surface area contributed by atoms with Gasteiger partial charge in [0.15, 0.2) is 0 Å². The van der Waals surface area contributed by atoms with Crippen molar-refractivity contribution in [3.05, 3.63) is 106 Å². The molecule has 3 aromatic rings. The minimum absolute atomic E-state index is 0.00663. The van der Waals surface area contributed by atoms with Gasteiger partial charge in [-0.2, -0.15) is 26.3 Å². The van der Waals surface area contributed by atoms with Crippen molar-refractivity contribution in [2.75, 3.05) is 19.6 Å². The molecule has 1 aliphatic rings. The Hall–Kier alpha value is -3.82. The Labute approximate surface area is 234 Å². The molecule has 0 N–H and O–H groups in total. The SMILES string of the molecule is Cc1ccc(CC2CN(C(=O)CCc3ccccc3)CCN2C(=O)c2cc(C(F)(F)F)cc(C(F)(F)F)c2)cc1C. The zero-order chi connectivity index (χ0) is 29.9. The van der Waals surface area contributed by atoms with Gasteiger partial charge in [0.05, 0.1) is 17.2 Å². The van der Waals surface area contributed by atoms with Crippen LogP contribution >= 0.6 is 0 Å². The lowest BCUT2D eigenvalue weighted by Crippen LogP contribution is -2.57. The Morgan fingerprint density at radius 2 is 1.41 bits per heavy atom. The van der Waals surface area contributed by atoms with Crippen LogP contribution in [-0.4, -0.2) is 47.3 Å². The molecule has 10 heteroatoms. The van der Waals surface area contributed by atoms with Gasteiger partial charge in [-0.25, -0.2) is 0 Å². The highest BCUT2D eigenvalue weighted by molar-refractivity contribution is 5.95. The van der Waals surface area contributed by atoms with Gasteiger partial charge in [0, 0.05) is 31.6 Å². The van der Waals surface area contributed by atoms with Crippen LogP contribution < -0.4 is 0 Å². The lowest BCUT2D eigenvalue weighted by Gasteiger charge is -2.42. The maximum Gasteiger partial charge on any atom is 0.416 e. The molecule has 0 radical (unpaired) electrons. The van der Waals surface area contributed by atoms with Crippen LogP contribution in [0, 0.1) is 13.8 Å². The summed E-state index contributed by atoms with van der Waals surface area (Å²) in [4.78, 5) is 29.6. The van der Waals surface area contributed by atoms with Crippen molar-refractivity contribution in [1.82, 2.24) is 9.80 Å². The third-order valence-corrected chi connectivity index (χ3v) is 7.44. The third-order valence-electron chi connectivity index (χ3n) is 7.44. The van der Waals surface area contributed by atoms with Crippen molar-refractivity contribution >= 4 is 11.8 Å². The normalized spacial score (nSPS) is 16.1. The van der Waals surface area contributed by atoms with Gasteiger partial charge in [-0.3, -0.25) is 9.59 Å². The van der Waals surface area contributed by atoms with E-state index in [9.17, 15) is 35.9 Å². The maximum atomic E-state index is 13.6. The Morgan fingerprint density at radius 3 is 2.00 bits per heavy atom. The molecule has 1 unspecified atom stereocenters. The predicted molar refractivity (Wildman–Crippen MR) is 142 cm³/mol. The summed E-state index contributed by atoms with van der Waals surface area (Å²) in [6.45, 7) is 4.06. The Bertz CT molecular complexity index is 1370. The van der Waals surface area contributed by atoms with Crippen LogP contribution in [0.15, 0.2) is 66.7 Å². The van der Waals surface area contributed by atoms with Crippen LogP contribution in [0.2, 0.25) is 0 Å². The summed E-state index contributed by atoms with van der Waals surface area (Å²) >= 11 is 0. The number of aryl methyl sites for hydroxylation is 3. The van der Waals surface area contributed by atoms with Crippen molar-refractivity contribution in [2.45, 2.75) is 51.5 Å². The zero-order valence-electron chi connectivity index (χ0n) is 22.6. The molecular weight excluding hydrogens is 546 g/mol. The number of halogens is 6. The standard InChI is InChI=1S/C31H30F6N2O2/c1-20-8-9-23(14-21(20)2)15-27-19-38(28(40)11-10-22-6-4-3-5-7-22)12-13-39(27)29(41)24-16-25(30(32,33)34)18-26(17-24)31(35,36)37/h3-9,14,16-18,27H,10-13,15,19H2,1-2H3. The Balaban J connectivity index is 1.62. The van der Waals surface area contributed by atoms with E-state index in [0.717, 1.165) is 22.3 Å². The fourth-order valence-corrected chi connectivity index (χ4v) is 5.02. The number of alkyl halides is 6. The van der Waals surface area contributed by atoms with Gasteiger partial charge in [-0.1, -0.05) is 48.5 Å². The number of nitrogens with zero attached hydrogens (tertiary/aromatic N) is 2. The van der Waals surface area contributed by atoms with E-state index in [4.69, 9.17) is 0 Å². The summed E-state index contributed by atoms with van der Waals surface area (Å²) in [6, 6.07) is 15.4. The van der Waals surface area contributed by atoms with Crippen LogP contribution in [-0.2, 0) is 30.0 Å². The first-order valence-corrected chi connectivity index (χ1v) is 13.2. The van der Waals surface area contributed by atoms with E-state index < -0.39 is 41.0 Å². The molecule has 4 rings (SSSR count). The minimum Gasteiger partial charge on any atom is -0.339 e. The molecule has 1 heterocycles. The number of rotatable bonds is 6. The zero-order valence-corrected chi connectivity index (χ0v) is 22.6. The first kappa shape index (κ1) is 30.1. The topological polar surface area (TPSA) is 40.6 Å². The van der Waals surface area contributed by atoms with E-state index >= 15 is 0 Å². The molecule has 0 saturated carbocycles. The summed E-state index contributed by atoms with van der Waals surface area (Å²) < 4.78 is 80.9. The lowest BCUT2D eigenvalue weighted by molar-refractivity contribution is -0.143. The highest BCUT2D eigenvalue weighted by Gasteiger charge is 2.39. The summed E-state index contributed by atoms with van der Waals surface area (Å²) in [5.74, 6) is -1.07. The van der Waals surface area contributed by atoms with Crippen molar-refractivity contribution in [3.63, 3.8) is 0 Å². The Morgan fingerprint density at radius 1 is 0.780 bits per heavy atom. The molecule has 4 nitrogen and oxygen atoms in total. The molecule has 0 aromatic heterocycles. The largest absolute Gasteiger partial charge is 0.416 e. The predicted octanol–water partition coefficient (Wildman–Crippen LogP) is 6.87. The number of piperazine rings is 1. The molecule has 1 aliphatic heterocycles. The first-order valence-electron chi connectivity index (χ1n) is 13.2. The van der Waals surface area contributed by atoms with E-state index in [-0.39, 0.29) is 44.4 Å². The van der Waals surface area contributed by atoms with Gasteiger partial charge >= 0.3 is 12.4 Å². The molecule has 0 spiro atoms. The monoisotopic (exact) mass is 576 g/mol. The quantitative estimate of drug-likeness (QED) is 0.301. The average molecular weight is 577 g/mol. The van der Waals surface area contributed by atoms with Crippen LogP contribution in [0.1, 0.15) is 50.2 Å². The second-order valence-electron chi connectivity index (χ2n) is 10.4. The number of hydrogen-bond donors (Lipinski definition) is 0. The van der Waals surface area contributed by atoms with Gasteiger partial charge in [-0.05, 0) is 67.1 Å². The van der Waals surface area contributed by atoms with Crippen molar-refractivity contribution < 1.29 is 35.9 Å². The Kier molecular flexibility index (Phi) is 8.80. The van der Waals surface area contributed by atoms with Gasteiger partial charge < -0.3 is 9.80 Å². The molecule has 218 valence electrons. The van der Waals surface area contributed by atoms with Gasteiger partial charge in [0.25, 0.3) is 5.91 Å². The molecule has 1 saturated heterocycles. The first-order chi connectivity index (χ1) is 19.2. The average Bonchev–Trinajstić information content (AvgIpc) is 2.92. The van der Waals surface area contributed by atoms with Gasteiger partial charge in [0.2, 0.25) is 5.91 Å². The molecule has 2 amide bonds. The van der Waals surface area contributed by atoms with Gasteiger partial charge in [0.1, 0.15) is 0 Å². The molecule has 1 fully saturated rings. The fourth-order valence-electron chi connectivity index (χ4n) is 5.02. The van der Waals surface area contributed by atoms with Crippen molar-refractivity contribution in [2.24, 2.45) is 0 Å².